The number of aryl methyl sites for hydroxylation is 2. The van der Waals surface area contributed by atoms with E-state index in [2.05, 4.69) is 5.32 Å². The fourth-order valence-electron chi connectivity index (χ4n) is 2.67. The number of benzene rings is 1. The molecule has 4 heteroatoms. The maximum Gasteiger partial charge on any atom is 0.120 e. The summed E-state index contributed by atoms with van der Waals surface area (Å²) in [5.74, 6) is 0.768. The summed E-state index contributed by atoms with van der Waals surface area (Å²) in [5.41, 5.74) is 2.00. The third kappa shape index (κ3) is 4.37. The maximum absolute atomic E-state index is 9.95. The Hall–Kier alpha value is -0.770. The summed E-state index contributed by atoms with van der Waals surface area (Å²) >= 11 is 6.12. The van der Waals surface area contributed by atoms with E-state index in [0.717, 1.165) is 21.9 Å². The largest absolute Gasteiger partial charge is 0.491 e. The van der Waals surface area contributed by atoms with Gasteiger partial charge in [0.15, 0.2) is 0 Å². The second-order valence-corrected chi connectivity index (χ2v) is 6.10. The van der Waals surface area contributed by atoms with E-state index in [1.807, 2.05) is 26.0 Å². The predicted molar refractivity (Wildman–Crippen MR) is 82.7 cm³/mol. The van der Waals surface area contributed by atoms with Crippen LogP contribution in [0.1, 0.15) is 36.8 Å². The van der Waals surface area contributed by atoms with Crippen molar-refractivity contribution < 1.29 is 9.84 Å². The molecule has 20 heavy (non-hydrogen) atoms. The molecule has 1 saturated carbocycles. The molecule has 1 aromatic carbocycles. The van der Waals surface area contributed by atoms with Gasteiger partial charge in [-0.2, -0.15) is 0 Å². The topological polar surface area (TPSA) is 41.5 Å². The van der Waals surface area contributed by atoms with E-state index in [9.17, 15) is 5.11 Å². The Kier molecular flexibility index (Phi) is 5.70. The molecule has 1 unspecified atom stereocenters. The first-order valence-electron chi connectivity index (χ1n) is 7.37. The monoisotopic (exact) mass is 297 g/mol. The van der Waals surface area contributed by atoms with Crippen LogP contribution in [0.2, 0.25) is 5.02 Å². The van der Waals surface area contributed by atoms with Crippen LogP contribution in [0.15, 0.2) is 12.1 Å². The van der Waals surface area contributed by atoms with Crippen LogP contribution < -0.4 is 10.1 Å². The van der Waals surface area contributed by atoms with E-state index in [1.165, 1.54) is 25.7 Å². The molecule has 0 radical (unpaired) electrons. The highest BCUT2D eigenvalue weighted by molar-refractivity contribution is 6.32. The summed E-state index contributed by atoms with van der Waals surface area (Å²) in [6.07, 6.45) is 4.57. The highest BCUT2D eigenvalue weighted by atomic mass is 35.5. The minimum absolute atomic E-state index is 0.306. The average molecular weight is 298 g/mol. The molecule has 0 aliphatic heterocycles. The second kappa shape index (κ2) is 7.30. The Morgan fingerprint density at radius 3 is 2.50 bits per heavy atom. The smallest absolute Gasteiger partial charge is 0.120 e. The van der Waals surface area contributed by atoms with E-state index in [4.69, 9.17) is 16.3 Å². The molecule has 3 nitrogen and oxygen atoms in total. The molecule has 1 fully saturated rings. The van der Waals surface area contributed by atoms with E-state index in [1.54, 1.807) is 0 Å². The number of halogens is 1. The van der Waals surface area contributed by atoms with Gasteiger partial charge in [0.05, 0.1) is 0 Å². The fourth-order valence-corrected chi connectivity index (χ4v) is 2.78. The molecule has 0 bridgehead atoms. The summed E-state index contributed by atoms with van der Waals surface area (Å²) in [7, 11) is 0. The van der Waals surface area contributed by atoms with Crippen molar-refractivity contribution in [1.29, 1.82) is 0 Å². The number of aliphatic hydroxyl groups is 1. The maximum atomic E-state index is 9.95. The van der Waals surface area contributed by atoms with Gasteiger partial charge in [-0.25, -0.2) is 0 Å². The van der Waals surface area contributed by atoms with Crippen molar-refractivity contribution in [3.63, 3.8) is 0 Å². The SMILES string of the molecule is Cc1cc(OCC(O)CNC2CCCC2)cc(C)c1Cl. The number of rotatable bonds is 6. The summed E-state index contributed by atoms with van der Waals surface area (Å²) in [5, 5.41) is 14.1. The summed E-state index contributed by atoms with van der Waals surface area (Å²) in [6, 6.07) is 4.39. The van der Waals surface area contributed by atoms with E-state index in [0.29, 0.717) is 19.2 Å². The summed E-state index contributed by atoms with van der Waals surface area (Å²) in [4.78, 5) is 0. The lowest BCUT2D eigenvalue weighted by Crippen LogP contribution is -2.36. The summed E-state index contributed by atoms with van der Waals surface area (Å²) in [6.45, 7) is 4.82. The van der Waals surface area contributed by atoms with Crippen molar-refractivity contribution in [1.82, 2.24) is 5.32 Å². The van der Waals surface area contributed by atoms with Gasteiger partial charge < -0.3 is 15.2 Å². The molecule has 1 aliphatic rings. The molecule has 2 N–H and O–H groups in total. The van der Waals surface area contributed by atoms with Crippen LogP contribution in [-0.2, 0) is 0 Å². The zero-order valence-electron chi connectivity index (χ0n) is 12.3. The van der Waals surface area contributed by atoms with Gasteiger partial charge in [0, 0.05) is 17.6 Å². The Morgan fingerprint density at radius 1 is 1.30 bits per heavy atom. The molecule has 0 heterocycles. The lowest BCUT2D eigenvalue weighted by Gasteiger charge is -2.17. The first-order chi connectivity index (χ1) is 9.56. The van der Waals surface area contributed by atoms with Crippen LogP contribution in [-0.4, -0.2) is 30.4 Å². The molecule has 2 rings (SSSR count). The van der Waals surface area contributed by atoms with E-state index in [-0.39, 0.29) is 0 Å². The minimum atomic E-state index is -0.480. The molecular formula is C16H24ClNO2. The third-order valence-electron chi connectivity index (χ3n) is 3.85. The zero-order valence-corrected chi connectivity index (χ0v) is 13.0. The van der Waals surface area contributed by atoms with Crippen LogP contribution in [0.3, 0.4) is 0 Å². The molecule has 0 aromatic heterocycles. The van der Waals surface area contributed by atoms with Crippen molar-refractivity contribution in [2.75, 3.05) is 13.2 Å². The average Bonchev–Trinajstić information content (AvgIpc) is 2.93. The Bertz CT molecular complexity index is 421. The fraction of sp³-hybridized carbons (Fsp3) is 0.625. The molecular weight excluding hydrogens is 274 g/mol. The Labute approximate surface area is 126 Å². The van der Waals surface area contributed by atoms with Gasteiger partial charge in [-0.15, -0.1) is 0 Å². The number of nitrogens with one attached hydrogen (secondary N) is 1. The van der Waals surface area contributed by atoms with Gasteiger partial charge in [0.2, 0.25) is 0 Å². The number of hydrogen-bond acceptors (Lipinski definition) is 3. The van der Waals surface area contributed by atoms with Crippen LogP contribution in [0.25, 0.3) is 0 Å². The normalized spacial score (nSPS) is 17.4. The molecule has 0 saturated heterocycles. The first kappa shape index (κ1) is 15.6. The standard InChI is InChI=1S/C16H24ClNO2/c1-11-7-15(8-12(2)16(11)17)20-10-14(19)9-18-13-5-3-4-6-13/h7-8,13-14,18-19H,3-6,9-10H2,1-2H3. The zero-order chi connectivity index (χ0) is 14.5. The summed E-state index contributed by atoms with van der Waals surface area (Å²) < 4.78 is 5.65. The molecule has 0 amide bonds. The van der Waals surface area contributed by atoms with Crippen molar-refractivity contribution in [3.8, 4) is 5.75 Å². The van der Waals surface area contributed by atoms with Gasteiger partial charge in [-0.1, -0.05) is 24.4 Å². The van der Waals surface area contributed by atoms with E-state index >= 15 is 0 Å². The number of aliphatic hydroxyl groups excluding tert-OH is 1. The van der Waals surface area contributed by atoms with Crippen LogP contribution in [0, 0.1) is 13.8 Å². The number of hydrogen-bond donors (Lipinski definition) is 2. The quantitative estimate of drug-likeness (QED) is 0.847. The van der Waals surface area contributed by atoms with Crippen molar-refractivity contribution in [2.24, 2.45) is 0 Å². The van der Waals surface area contributed by atoms with Gasteiger partial charge in [-0.3, -0.25) is 0 Å². The lowest BCUT2D eigenvalue weighted by molar-refractivity contribution is 0.104. The van der Waals surface area contributed by atoms with Gasteiger partial charge in [-0.05, 0) is 49.9 Å². The number of ether oxygens (including phenoxy) is 1. The predicted octanol–water partition coefficient (Wildman–Crippen LogP) is 3.23. The molecule has 1 aliphatic carbocycles. The Balaban J connectivity index is 1.76. The van der Waals surface area contributed by atoms with Gasteiger partial charge in [0.1, 0.15) is 18.5 Å². The van der Waals surface area contributed by atoms with Crippen LogP contribution >= 0.6 is 11.6 Å². The molecule has 1 aromatic rings. The lowest BCUT2D eigenvalue weighted by atomic mass is 10.1. The van der Waals surface area contributed by atoms with Crippen molar-refractivity contribution in [3.05, 3.63) is 28.3 Å². The minimum Gasteiger partial charge on any atom is -0.491 e. The van der Waals surface area contributed by atoms with Crippen LogP contribution in [0.5, 0.6) is 5.75 Å². The van der Waals surface area contributed by atoms with E-state index < -0.39 is 6.10 Å². The van der Waals surface area contributed by atoms with Crippen LogP contribution in [0.4, 0.5) is 0 Å². The molecule has 0 spiro atoms. The third-order valence-corrected chi connectivity index (χ3v) is 4.45. The van der Waals surface area contributed by atoms with Gasteiger partial charge >= 0.3 is 0 Å². The molecule has 1 atom stereocenters. The van der Waals surface area contributed by atoms with Crippen molar-refractivity contribution >= 4 is 11.6 Å². The van der Waals surface area contributed by atoms with Gasteiger partial charge in [0.25, 0.3) is 0 Å². The van der Waals surface area contributed by atoms with Crippen molar-refractivity contribution in [2.45, 2.75) is 51.7 Å². The first-order valence-corrected chi connectivity index (χ1v) is 7.75. The highest BCUT2D eigenvalue weighted by Gasteiger charge is 2.16. The second-order valence-electron chi connectivity index (χ2n) is 5.73. The Morgan fingerprint density at radius 2 is 1.90 bits per heavy atom. The molecule has 112 valence electrons. The highest BCUT2D eigenvalue weighted by Crippen LogP contribution is 2.25.